The highest BCUT2D eigenvalue weighted by Gasteiger charge is 2.21. The molecule has 0 atom stereocenters. The van der Waals surface area contributed by atoms with Crippen molar-refractivity contribution in [3.8, 4) is 33.6 Å². The number of hydrogen-bond acceptors (Lipinski definition) is 0. The molecule has 0 spiro atoms. The molecule has 11 aromatic rings. The maximum atomic E-state index is 2.43. The number of aromatic nitrogens is 2. The van der Waals surface area contributed by atoms with Gasteiger partial charge >= 0.3 is 0 Å². The maximum Gasteiger partial charge on any atom is 0.0541 e. The largest absolute Gasteiger partial charge is 0.309 e. The SMILES string of the molecule is c1ccc(-c2c3ccc(-n4c5ccccc5c5ccccc54)cc3c(-c3ccccc3)c3cc(-n4c5ccccc5c5ccccc54)ccc23)cc1. The van der Waals surface area contributed by atoms with E-state index in [1.807, 2.05) is 0 Å². The minimum absolute atomic E-state index is 1.15. The molecule has 2 heteroatoms. The third-order valence-corrected chi connectivity index (χ3v) is 10.9. The van der Waals surface area contributed by atoms with Crippen LogP contribution in [0.3, 0.4) is 0 Å². The molecule has 2 heterocycles. The van der Waals surface area contributed by atoms with Gasteiger partial charge in [0.2, 0.25) is 0 Å². The lowest BCUT2D eigenvalue weighted by molar-refractivity contribution is 1.18. The number of nitrogens with zero attached hydrogens (tertiary/aromatic N) is 2. The Hall–Kier alpha value is -6.90. The molecule has 0 aliphatic carbocycles. The van der Waals surface area contributed by atoms with Crippen molar-refractivity contribution in [1.29, 1.82) is 0 Å². The highest BCUT2D eigenvalue weighted by Crippen LogP contribution is 2.46. The van der Waals surface area contributed by atoms with Crippen LogP contribution in [0.25, 0.3) is 98.8 Å². The summed E-state index contributed by atoms with van der Waals surface area (Å²) >= 11 is 0. The fourth-order valence-electron chi connectivity index (χ4n) is 8.72. The zero-order valence-electron chi connectivity index (χ0n) is 28.4. The van der Waals surface area contributed by atoms with Crippen molar-refractivity contribution in [2.75, 3.05) is 0 Å². The molecule has 0 aliphatic rings. The van der Waals surface area contributed by atoms with Gasteiger partial charge in [0.05, 0.1) is 22.1 Å². The predicted octanol–water partition coefficient (Wildman–Crippen LogP) is 13.5. The van der Waals surface area contributed by atoms with Gasteiger partial charge in [-0.25, -0.2) is 0 Å². The van der Waals surface area contributed by atoms with Crippen LogP contribution in [0.2, 0.25) is 0 Å². The normalized spacial score (nSPS) is 11.8. The summed E-state index contributed by atoms with van der Waals surface area (Å²) in [5, 5.41) is 10.0. The number of benzene rings is 9. The summed E-state index contributed by atoms with van der Waals surface area (Å²) in [6, 6.07) is 71.1. The first kappa shape index (κ1) is 28.9. The van der Waals surface area contributed by atoms with Crippen LogP contribution in [0.15, 0.2) is 194 Å². The highest BCUT2D eigenvalue weighted by molar-refractivity contribution is 6.22. The van der Waals surface area contributed by atoms with Crippen LogP contribution in [0.5, 0.6) is 0 Å². The summed E-state index contributed by atoms with van der Waals surface area (Å²) in [6.07, 6.45) is 0. The smallest absolute Gasteiger partial charge is 0.0541 e. The van der Waals surface area contributed by atoms with Crippen molar-refractivity contribution in [2.24, 2.45) is 0 Å². The first-order chi connectivity index (χ1) is 25.8. The summed E-state index contributed by atoms with van der Waals surface area (Å²) < 4.78 is 4.86. The van der Waals surface area contributed by atoms with E-state index in [0.29, 0.717) is 0 Å². The van der Waals surface area contributed by atoms with Crippen LogP contribution < -0.4 is 0 Å². The van der Waals surface area contributed by atoms with E-state index >= 15 is 0 Å². The first-order valence-electron chi connectivity index (χ1n) is 17.9. The summed E-state index contributed by atoms with van der Waals surface area (Å²) in [4.78, 5) is 0. The summed E-state index contributed by atoms with van der Waals surface area (Å²) in [7, 11) is 0. The van der Waals surface area contributed by atoms with E-state index < -0.39 is 0 Å². The zero-order valence-corrected chi connectivity index (χ0v) is 28.4. The van der Waals surface area contributed by atoms with Crippen LogP contribution >= 0.6 is 0 Å². The first-order valence-corrected chi connectivity index (χ1v) is 17.9. The summed E-state index contributed by atoms with van der Waals surface area (Å²) in [6.45, 7) is 0. The van der Waals surface area contributed by atoms with Crippen LogP contribution in [-0.4, -0.2) is 9.13 Å². The second kappa shape index (κ2) is 11.3. The Morgan fingerprint density at radius 1 is 0.231 bits per heavy atom. The number of hydrogen-bond donors (Lipinski definition) is 0. The molecule has 0 saturated heterocycles. The van der Waals surface area contributed by atoms with E-state index in [9.17, 15) is 0 Å². The molecule has 52 heavy (non-hydrogen) atoms. The number of rotatable bonds is 4. The van der Waals surface area contributed by atoms with E-state index in [1.54, 1.807) is 0 Å². The summed E-state index contributed by atoms with van der Waals surface area (Å²) in [5.74, 6) is 0. The van der Waals surface area contributed by atoms with Crippen molar-refractivity contribution >= 4 is 65.2 Å². The van der Waals surface area contributed by atoms with Gasteiger partial charge in [-0.2, -0.15) is 0 Å². The second-order valence-corrected chi connectivity index (χ2v) is 13.7. The van der Waals surface area contributed by atoms with E-state index in [1.165, 1.54) is 87.4 Å². The molecule has 0 unspecified atom stereocenters. The van der Waals surface area contributed by atoms with E-state index in [2.05, 4.69) is 203 Å². The third-order valence-electron chi connectivity index (χ3n) is 10.9. The Balaban J connectivity index is 1.30. The molecule has 0 fully saturated rings. The quantitative estimate of drug-likeness (QED) is 0.166. The molecule has 0 bridgehead atoms. The van der Waals surface area contributed by atoms with Gasteiger partial charge in [0.1, 0.15) is 0 Å². The number of para-hydroxylation sites is 4. The minimum Gasteiger partial charge on any atom is -0.309 e. The van der Waals surface area contributed by atoms with Gasteiger partial charge < -0.3 is 9.13 Å². The predicted molar refractivity (Wildman–Crippen MR) is 221 cm³/mol. The Morgan fingerprint density at radius 3 is 0.904 bits per heavy atom. The van der Waals surface area contributed by atoms with Crippen LogP contribution in [-0.2, 0) is 0 Å². The molecular formula is C50H32N2. The van der Waals surface area contributed by atoms with Gasteiger partial charge in [-0.05, 0) is 92.3 Å². The molecule has 0 amide bonds. The lowest BCUT2D eigenvalue weighted by atomic mass is 9.85. The highest BCUT2D eigenvalue weighted by atomic mass is 15.0. The van der Waals surface area contributed by atoms with E-state index in [-0.39, 0.29) is 0 Å². The van der Waals surface area contributed by atoms with Gasteiger partial charge in [0, 0.05) is 32.9 Å². The van der Waals surface area contributed by atoms with Crippen molar-refractivity contribution in [3.05, 3.63) is 194 Å². The van der Waals surface area contributed by atoms with Gasteiger partial charge in [-0.3, -0.25) is 0 Å². The summed E-state index contributed by atoms with van der Waals surface area (Å²) in [5.41, 5.74) is 12.1. The minimum atomic E-state index is 1.15. The van der Waals surface area contributed by atoms with Crippen molar-refractivity contribution in [3.63, 3.8) is 0 Å². The molecule has 9 aromatic carbocycles. The zero-order chi connectivity index (χ0) is 34.2. The monoisotopic (exact) mass is 660 g/mol. The lowest BCUT2D eigenvalue weighted by Gasteiger charge is -2.20. The van der Waals surface area contributed by atoms with Crippen molar-refractivity contribution in [2.45, 2.75) is 0 Å². The fourth-order valence-corrected chi connectivity index (χ4v) is 8.72. The van der Waals surface area contributed by atoms with Crippen molar-refractivity contribution in [1.82, 2.24) is 9.13 Å². The molecule has 2 nitrogen and oxygen atoms in total. The van der Waals surface area contributed by atoms with Gasteiger partial charge in [0.15, 0.2) is 0 Å². The average molecular weight is 661 g/mol. The van der Waals surface area contributed by atoms with E-state index in [0.717, 1.165) is 11.4 Å². The molecule has 11 rings (SSSR count). The Labute approximate surface area is 301 Å². The molecular weight excluding hydrogens is 629 g/mol. The Bertz CT molecular complexity index is 2880. The number of fused-ring (bicyclic) bond motifs is 8. The van der Waals surface area contributed by atoms with Crippen LogP contribution in [0, 0.1) is 0 Å². The Kier molecular flexibility index (Phi) is 6.28. The maximum absolute atomic E-state index is 2.43. The van der Waals surface area contributed by atoms with Gasteiger partial charge in [-0.15, -0.1) is 0 Å². The Morgan fingerprint density at radius 2 is 0.538 bits per heavy atom. The van der Waals surface area contributed by atoms with E-state index in [4.69, 9.17) is 0 Å². The molecule has 0 saturated carbocycles. The lowest BCUT2D eigenvalue weighted by Crippen LogP contribution is -1.98. The average Bonchev–Trinajstić information content (AvgIpc) is 3.73. The molecule has 0 aliphatic heterocycles. The van der Waals surface area contributed by atoms with Crippen molar-refractivity contribution < 1.29 is 0 Å². The molecule has 242 valence electrons. The van der Waals surface area contributed by atoms with Gasteiger partial charge in [0.25, 0.3) is 0 Å². The second-order valence-electron chi connectivity index (χ2n) is 13.7. The van der Waals surface area contributed by atoms with Crippen LogP contribution in [0.4, 0.5) is 0 Å². The van der Waals surface area contributed by atoms with Gasteiger partial charge in [-0.1, -0.05) is 146 Å². The standard InChI is InChI=1S/C50H32N2/c1-3-15-33(16-4-1)49-41-29-27-35(51-45-23-11-7-19-37(45)38-20-8-12-24-46(38)51)31-43(41)50(34-17-5-2-6-18-34)44-32-36(28-30-42(44)49)52-47-25-13-9-21-39(47)40-22-10-14-26-48(40)52/h1-32H. The molecule has 2 aromatic heterocycles. The third kappa shape index (κ3) is 4.19. The molecule has 0 N–H and O–H groups in total. The van der Waals surface area contributed by atoms with Crippen LogP contribution in [0.1, 0.15) is 0 Å². The molecule has 0 radical (unpaired) electrons. The topological polar surface area (TPSA) is 9.86 Å². The fraction of sp³-hybridized carbons (Fsp3) is 0.